The lowest BCUT2D eigenvalue weighted by molar-refractivity contribution is -0.144. The Hall–Kier alpha value is -0.490. The first-order valence-corrected chi connectivity index (χ1v) is 6.59. The molecule has 2 heterocycles. The first kappa shape index (κ1) is 12.0. The van der Waals surface area contributed by atoms with E-state index in [2.05, 4.69) is 17.2 Å². The molecule has 0 aliphatic carbocycles. The summed E-state index contributed by atoms with van der Waals surface area (Å²) in [5.74, 6) is 0. The highest BCUT2D eigenvalue weighted by Crippen LogP contribution is 2.14. The Kier molecular flexibility index (Phi) is 4.29. The number of hydrogen-bond donors (Lipinski definition) is 1. The molecule has 2 rings (SSSR count). The van der Waals surface area contributed by atoms with Crippen LogP contribution in [-0.2, 0) is 11.4 Å². The van der Waals surface area contributed by atoms with Gasteiger partial charge in [-0.05, 0) is 19.8 Å². The zero-order valence-corrected chi connectivity index (χ0v) is 10.7. The third-order valence-electron chi connectivity index (χ3n) is 3.11. The predicted octanol–water partition coefficient (Wildman–Crippen LogP) is 1.57. The van der Waals surface area contributed by atoms with E-state index in [1.165, 1.54) is 4.88 Å². The molecule has 0 radical (unpaired) electrons. The van der Waals surface area contributed by atoms with Crippen LogP contribution < -0.4 is 5.32 Å². The van der Waals surface area contributed by atoms with Gasteiger partial charge in [0.05, 0.1) is 18.3 Å². The number of aromatic nitrogens is 1. The molecule has 1 N–H and O–H groups in total. The lowest BCUT2D eigenvalue weighted by Crippen LogP contribution is -2.41. The number of nitrogens with zero attached hydrogens (tertiary/aromatic N) is 2. The van der Waals surface area contributed by atoms with Crippen molar-refractivity contribution in [2.45, 2.75) is 32.4 Å². The van der Waals surface area contributed by atoms with Crippen molar-refractivity contribution < 1.29 is 4.84 Å². The highest BCUT2D eigenvalue weighted by molar-refractivity contribution is 7.09. The van der Waals surface area contributed by atoms with E-state index in [-0.39, 0.29) is 0 Å². The highest BCUT2D eigenvalue weighted by Gasteiger charge is 2.18. The lowest BCUT2D eigenvalue weighted by atomic mass is 10.1. The minimum absolute atomic E-state index is 0.618. The number of hydroxylamine groups is 2. The summed E-state index contributed by atoms with van der Waals surface area (Å²) in [6.07, 6.45) is 2.32. The molecule has 0 amide bonds. The van der Waals surface area contributed by atoms with E-state index < -0.39 is 0 Å². The van der Waals surface area contributed by atoms with E-state index >= 15 is 0 Å². The van der Waals surface area contributed by atoms with Gasteiger partial charge in [0, 0.05) is 30.6 Å². The second-order valence-electron chi connectivity index (χ2n) is 4.13. The minimum atomic E-state index is 0.618. The zero-order chi connectivity index (χ0) is 11.4. The van der Waals surface area contributed by atoms with Crippen LogP contribution in [0.25, 0.3) is 0 Å². The largest absolute Gasteiger partial charge is 0.309 e. The fourth-order valence-corrected chi connectivity index (χ4v) is 2.70. The monoisotopic (exact) mass is 241 g/mol. The molecule has 1 saturated heterocycles. The lowest BCUT2D eigenvalue weighted by Gasteiger charge is -2.30. The first-order chi connectivity index (χ1) is 7.79. The second kappa shape index (κ2) is 5.72. The smallest absolute Gasteiger partial charge is 0.0798 e. The van der Waals surface area contributed by atoms with E-state index in [4.69, 9.17) is 4.84 Å². The summed E-state index contributed by atoms with van der Waals surface area (Å²) in [6, 6.07) is 0.618. The fourth-order valence-electron chi connectivity index (χ4n) is 1.98. The van der Waals surface area contributed by atoms with Gasteiger partial charge >= 0.3 is 0 Å². The summed E-state index contributed by atoms with van der Waals surface area (Å²) in [7, 11) is 1.74. The maximum absolute atomic E-state index is 5.21. The molecule has 0 unspecified atom stereocenters. The Morgan fingerprint density at radius 2 is 2.31 bits per heavy atom. The van der Waals surface area contributed by atoms with Gasteiger partial charge in [0.25, 0.3) is 0 Å². The van der Waals surface area contributed by atoms with Crippen molar-refractivity contribution in [3.63, 3.8) is 0 Å². The molecule has 1 aromatic rings. The van der Waals surface area contributed by atoms with Crippen LogP contribution in [0.4, 0.5) is 0 Å². The highest BCUT2D eigenvalue weighted by atomic mass is 32.1. The van der Waals surface area contributed by atoms with Gasteiger partial charge in [0.15, 0.2) is 0 Å². The summed E-state index contributed by atoms with van der Waals surface area (Å²) in [5, 5.41) is 5.62. The normalized spacial score (nSPS) is 19.1. The van der Waals surface area contributed by atoms with Crippen LogP contribution in [0.1, 0.15) is 23.4 Å². The van der Waals surface area contributed by atoms with Crippen LogP contribution in [0.15, 0.2) is 5.51 Å². The average molecular weight is 241 g/mol. The zero-order valence-electron chi connectivity index (χ0n) is 9.90. The van der Waals surface area contributed by atoms with E-state index in [9.17, 15) is 0 Å². The van der Waals surface area contributed by atoms with Gasteiger partial charge in [-0.15, -0.1) is 11.3 Å². The third kappa shape index (κ3) is 3.01. The van der Waals surface area contributed by atoms with Gasteiger partial charge in [0.1, 0.15) is 0 Å². The van der Waals surface area contributed by atoms with Gasteiger partial charge in [-0.25, -0.2) is 4.98 Å². The molecule has 0 aromatic carbocycles. The van der Waals surface area contributed by atoms with Gasteiger partial charge < -0.3 is 10.2 Å². The summed E-state index contributed by atoms with van der Waals surface area (Å²) in [4.78, 5) is 10.8. The molecule has 1 aliphatic heterocycles. The molecule has 0 atom stereocenters. The molecule has 0 spiro atoms. The maximum atomic E-state index is 5.21. The summed E-state index contributed by atoms with van der Waals surface area (Å²) < 4.78 is 0. The van der Waals surface area contributed by atoms with Gasteiger partial charge in [-0.1, -0.05) is 0 Å². The van der Waals surface area contributed by atoms with Gasteiger partial charge in [-0.2, -0.15) is 5.06 Å². The maximum Gasteiger partial charge on any atom is 0.0798 e. The van der Waals surface area contributed by atoms with E-state index in [1.54, 1.807) is 18.4 Å². The molecular weight excluding hydrogens is 222 g/mol. The molecule has 5 heteroatoms. The molecular formula is C11H19N3OS. The van der Waals surface area contributed by atoms with Crippen molar-refractivity contribution in [1.29, 1.82) is 0 Å². The molecule has 0 bridgehead atoms. The SMILES string of the molecule is CON1CCC(NCc2scnc2C)CC1. The molecule has 4 nitrogen and oxygen atoms in total. The Labute approximate surface area is 101 Å². The van der Waals surface area contributed by atoms with Crippen LogP contribution in [0, 0.1) is 6.92 Å². The minimum Gasteiger partial charge on any atom is -0.309 e. The molecule has 1 fully saturated rings. The molecule has 1 aromatic heterocycles. The number of nitrogens with one attached hydrogen (secondary N) is 1. The number of piperidine rings is 1. The average Bonchev–Trinajstić information content (AvgIpc) is 2.73. The molecule has 0 saturated carbocycles. The molecule has 90 valence electrons. The van der Waals surface area contributed by atoms with Gasteiger partial charge in [-0.3, -0.25) is 0 Å². The van der Waals surface area contributed by atoms with E-state index in [0.717, 1.165) is 38.2 Å². The quantitative estimate of drug-likeness (QED) is 0.868. The summed E-state index contributed by atoms with van der Waals surface area (Å²) >= 11 is 1.73. The van der Waals surface area contributed by atoms with Crippen molar-refractivity contribution in [1.82, 2.24) is 15.4 Å². The topological polar surface area (TPSA) is 37.4 Å². The van der Waals surface area contributed by atoms with Crippen molar-refractivity contribution in [3.8, 4) is 0 Å². The van der Waals surface area contributed by atoms with Crippen LogP contribution in [0.5, 0.6) is 0 Å². The van der Waals surface area contributed by atoms with Crippen molar-refractivity contribution >= 4 is 11.3 Å². The molecule has 1 aliphatic rings. The number of rotatable bonds is 4. The van der Waals surface area contributed by atoms with Crippen molar-refractivity contribution in [3.05, 3.63) is 16.1 Å². The van der Waals surface area contributed by atoms with Gasteiger partial charge in [0.2, 0.25) is 0 Å². The second-order valence-corrected chi connectivity index (χ2v) is 5.07. The number of aryl methyl sites for hydroxylation is 1. The third-order valence-corrected chi connectivity index (χ3v) is 4.04. The van der Waals surface area contributed by atoms with Crippen molar-refractivity contribution in [2.24, 2.45) is 0 Å². The summed E-state index contributed by atoms with van der Waals surface area (Å²) in [5.41, 5.74) is 3.08. The van der Waals surface area contributed by atoms with Crippen LogP contribution in [0.3, 0.4) is 0 Å². The molecule has 16 heavy (non-hydrogen) atoms. The first-order valence-electron chi connectivity index (χ1n) is 5.71. The fraction of sp³-hybridized carbons (Fsp3) is 0.727. The number of thiazole rings is 1. The van der Waals surface area contributed by atoms with Crippen LogP contribution >= 0.6 is 11.3 Å². The van der Waals surface area contributed by atoms with E-state index in [0.29, 0.717) is 6.04 Å². The predicted molar refractivity (Wildman–Crippen MR) is 65.3 cm³/mol. The number of hydrogen-bond acceptors (Lipinski definition) is 5. The Balaban J connectivity index is 1.73. The Morgan fingerprint density at radius 1 is 1.56 bits per heavy atom. The van der Waals surface area contributed by atoms with E-state index in [1.807, 2.05) is 10.6 Å². The standard InChI is InChI=1S/C11H19N3OS/c1-9-11(16-8-13-9)7-12-10-3-5-14(15-2)6-4-10/h8,10,12H,3-7H2,1-2H3. The Morgan fingerprint density at radius 3 is 2.88 bits per heavy atom. The van der Waals surface area contributed by atoms with Crippen LogP contribution in [0.2, 0.25) is 0 Å². The van der Waals surface area contributed by atoms with Crippen LogP contribution in [-0.4, -0.2) is 36.3 Å². The Bertz CT molecular complexity index is 321. The summed E-state index contributed by atoms with van der Waals surface area (Å²) in [6.45, 7) is 5.07. The van der Waals surface area contributed by atoms with Crippen molar-refractivity contribution in [2.75, 3.05) is 20.2 Å².